The van der Waals surface area contributed by atoms with Crippen LogP contribution >= 0.6 is 0 Å². The highest BCUT2D eigenvalue weighted by molar-refractivity contribution is 5.87. The summed E-state index contributed by atoms with van der Waals surface area (Å²) < 4.78 is 12.1. The number of aryl methyl sites for hydroxylation is 2. The normalized spacial score (nSPS) is 15.5. The third-order valence-electron chi connectivity index (χ3n) is 6.41. The lowest BCUT2D eigenvalue weighted by atomic mass is 9.92. The van der Waals surface area contributed by atoms with Crippen molar-refractivity contribution in [2.45, 2.75) is 39.8 Å². The molecular weight excluding hydrogens is 396 g/mol. The second-order valence-corrected chi connectivity index (χ2v) is 8.54. The van der Waals surface area contributed by atoms with Crippen LogP contribution in [0.3, 0.4) is 0 Å². The maximum atomic E-state index is 6.10. The van der Waals surface area contributed by atoms with Crippen LogP contribution in [0.25, 0.3) is 10.9 Å². The molecule has 2 heterocycles. The predicted molar refractivity (Wildman–Crippen MR) is 130 cm³/mol. The second-order valence-electron chi connectivity index (χ2n) is 8.54. The van der Waals surface area contributed by atoms with Crippen molar-refractivity contribution in [3.05, 3.63) is 94.2 Å². The molecule has 4 aromatic rings. The van der Waals surface area contributed by atoms with E-state index in [-0.39, 0.29) is 6.04 Å². The number of benzene rings is 3. The Morgan fingerprint density at radius 2 is 1.75 bits per heavy atom. The number of aromatic amines is 1. The van der Waals surface area contributed by atoms with Gasteiger partial charge < -0.3 is 19.8 Å². The first kappa shape index (κ1) is 20.7. The lowest BCUT2D eigenvalue weighted by molar-refractivity contribution is 0.306. The van der Waals surface area contributed by atoms with Gasteiger partial charge in [0.15, 0.2) is 0 Å². The number of H-pyrrole nitrogens is 1. The molecule has 2 N–H and O–H groups in total. The van der Waals surface area contributed by atoms with Crippen LogP contribution in [0.2, 0.25) is 0 Å². The number of nitrogens with one attached hydrogen (secondary N) is 2. The van der Waals surface area contributed by atoms with Gasteiger partial charge in [-0.3, -0.25) is 0 Å². The van der Waals surface area contributed by atoms with Crippen LogP contribution in [-0.2, 0) is 13.0 Å². The highest BCUT2D eigenvalue weighted by Gasteiger charge is 2.28. The van der Waals surface area contributed by atoms with Gasteiger partial charge in [-0.25, -0.2) is 0 Å². The zero-order valence-corrected chi connectivity index (χ0v) is 19.0. The van der Waals surface area contributed by atoms with Crippen LogP contribution in [0.5, 0.6) is 11.5 Å². The summed E-state index contributed by atoms with van der Waals surface area (Å²) in [5.41, 5.74) is 8.66. The van der Waals surface area contributed by atoms with Crippen molar-refractivity contribution in [1.82, 2.24) is 10.3 Å². The number of hydrogen-bond acceptors (Lipinski definition) is 3. The van der Waals surface area contributed by atoms with Crippen molar-refractivity contribution in [3.8, 4) is 11.5 Å². The fraction of sp³-hybridized carbons (Fsp3) is 0.286. The number of aromatic nitrogens is 1. The van der Waals surface area contributed by atoms with Gasteiger partial charge in [0.25, 0.3) is 0 Å². The first-order chi connectivity index (χ1) is 15.6. The fourth-order valence-corrected chi connectivity index (χ4v) is 4.62. The zero-order valence-electron chi connectivity index (χ0n) is 19.0. The summed E-state index contributed by atoms with van der Waals surface area (Å²) in [6, 6.07) is 21.2. The average molecular weight is 427 g/mol. The third-order valence-corrected chi connectivity index (χ3v) is 6.41. The Kier molecular flexibility index (Phi) is 5.62. The van der Waals surface area contributed by atoms with Crippen molar-refractivity contribution in [2.75, 3.05) is 13.2 Å². The maximum absolute atomic E-state index is 6.10. The summed E-state index contributed by atoms with van der Waals surface area (Å²) in [7, 11) is 0. The van der Waals surface area contributed by atoms with E-state index < -0.39 is 0 Å². The van der Waals surface area contributed by atoms with Gasteiger partial charge in [0.1, 0.15) is 18.1 Å². The number of fused-ring (bicyclic) bond motifs is 3. The van der Waals surface area contributed by atoms with Gasteiger partial charge in [-0.2, -0.15) is 0 Å². The van der Waals surface area contributed by atoms with Crippen molar-refractivity contribution >= 4 is 10.9 Å². The SMILES string of the molecule is CCOc1cc(C)c(C)cc1C1NCCc2c1[nH]c1ccc(OCc3ccccc3)cc21. The smallest absolute Gasteiger partial charge is 0.124 e. The van der Waals surface area contributed by atoms with E-state index in [2.05, 4.69) is 66.6 Å². The molecule has 1 aromatic heterocycles. The molecule has 0 bridgehead atoms. The van der Waals surface area contributed by atoms with Crippen LogP contribution < -0.4 is 14.8 Å². The van der Waals surface area contributed by atoms with Gasteiger partial charge >= 0.3 is 0 Å². The van der Waals surface area contributed by atoms with Crippen LogP contribution in [-0.4, -0.2) is 18.1 Å². The molecule has 0 fully saturated rings. The summed E-state index contributed by atoms with van der Waals surface area (Å²) in [4.78, 5) is 3.70. The van der Waals surface area contributed by atoms with Gasteiger partial charge in [0.2, 0.25) is 0 Å². The van der Waals surface area contributed by atoms with E-state index in [0.717, 1.165) is 30.0 Å². The summed E-state index contributed by atoms with van der Waals surface area (Å²) in [6.07, 6.45) is 0.989. The second kappa shape index (κ2) is 8.71. The van der Waals surface area contributed by atoms with E-state index in [1.165, 1.54) is 38.9 Å². The minimum absolute atomic E-state index is 0.0840. The highest BCUT2D eigenvalue weighted by Crippen LogP contribution is 2.39. The van der Waals surface area contributed by atoms with Crippen molar-refractivity contribution < 1.29 is 9.47 Å². The molecule has 164 valence electrons. The highest BCUT2D eigenvalue weighted by atomic mass is 16.5. The molecule has 0 radical (unpaired) electrons. The van der Waals surface area contributed by atoms with E-state index in [1.54, 1.807) is 0 Å². The van der Waals surface area contributed by atoms with E-state index in [9.17, 15) is 0 Å². The molecule has 4 heteroatoms. The first-order valence-corrected chi connectivity index (χ1v) is 11.4. The van der Waals surface area contributed by atoms with E-state index in [1.807, 2.05) is 25.1 Å². The zero-order chi connectivity index (χ0) is 22.1. The third kappa shape index (κ3) is 3.87. The molecular formula is C28H30N2O2. The molecule has 0 saturated heterocycles. The molecule has 1 unspecified atom stereocenters. The van der Waals surface area contributed by atoms with Crippen LogP contribution in [0.15, 0.2) is 60.7 Å². The number of rotatable bonds is 6. The molecule has 0 aliphatic carbocycles. The monoisotopic (exact) mass is 426 g/mol. The summed E-state index contributed by atoms with van der Waals surface area (Å²) >= 11 is 0. The first-order valence-electron chi connectivity index (χ1n) is 11.4. The average Bonchev–Trinajstić information content (AvgIpc) is 3.19. The van der Waals surface area contributed by atoms with E-state index >= 15 is 0 Å². The van der Waals surface area contributed by atoms with Gasteiger partial charge in [-0.15, -0.1) is 0 Å². The molecule has 1 aliphatic heterocycles. The molecule has 0 saturated carbocycles. The lowest BCUT2D eigenvalue weighted by Gasteiger charge is -2.27. The Hall–Kier alpha value is -3.24. The molecule has 32 heavy (non-hydrogen) atoms. The Morgan fingerprint density at radius 1 is 0.938 bits per heavy atom. The molecule has 0 spiro atoms. The minimum Gasteiger partial charge on any atom is -0.494 e. The number of hydrogen-bond donors (Lipinski definition) is 2. The van der Waals surface area contributed by atoms with Crippen LogP contribution in [0, 0.1) is 13.8 Å². The van der Waals surface area contributed by atoms with Gasteiger partial charge in [0, 0.05) is 28.7 Å². The van der Waals surface area contributed by atoms with Crippen LogP contribution in [0.4, 0.5) is 0 Å². The Bertz CT molecular complexity index is 1240. The van der Waals surface area contributed by atoms with Crippen LogP contribution in [0.1, 0.15) is 46.5 Å². The van der Waals surface area contributed by atoms with E-state index in [4.69, 9.17) is 9.47 Å². The lowest BCUT2D eigenvalue weighted by Crippen LogP contribution is -2.31. The van der Waals surface area contributed by atoms with Crippen molar-refractivity contribution in [3.63, 3.8) is 0 Å². The van der Waals surface area contributed by atoms with Gasteiger partial charge in [0.05, 0.1) is 12.6 Å². The molecule has 3 aromatic carbocycles. The minimum atomic E-state index is 0.0840. The molecule has 1 atom stereocenters. The largest absolute Gasteiger partial charge is 0.494 e. The topological polar surface area (TPSA) is 46.3 Å². The molecule has 4 nitrogen and oxygen atoms in total. The Labute approximate surface area is 189 Å². The molecule has 5 rings (SSSR count). The molecule has 0 amide bonds. The molecule has 1 aliphatic rings. The predicted octanol–water partition coefficient (Wildman–Crippen LogP) is 6.00. The standard InChI is InChI=1S/C28H30N2O2/c1-4-31-26-15-19(3)18(2)14-24(26)27-28-22(12-13-29-27)23-16-21(10-11-25(23)30-28)32-17-20-8-6-5-7-9-20/h5-11,14-16,27,29-30H,4,12-13,17H2,1-3H3. The maximum Gasteiger partial charge on any atom is 0.124 e. The van der Waals surface area contributed by atoms with Gasteiger partial charge in [-0.1, -0.05) is 36.4 Å². The van der Waals surface area contributed by atoms with Gasteiger partial charge in [-0.05, 0) is 73.7 Å². The fourth-order valence-electron chi connectivity index (χ4n) is 4.62. The van der Waals surface area contributed by atoms with Crippen molar-refractivity contribution in [2.24, 2.45) is 0 Å². The van der Waals surface area contributed by atoms with E-state index in [0.29, 0.717) is 13.2 Å². The Morgan fingerprint density at radius 3 is 2.56 bits per heavy atom. The quantitative estimate of drug-likeness (QED) is 0.398. The summed E-state index contributed by atoms with van der Waals surface area (Å²) in [6.45, 7) is 8.51. The summed E-state index contributed by atoms with van der Waals surface area (Å²) in [5.74, 6) is 1.87. The number of ether oxygens (including phenoxy) is 2. The van der Waals surface area contributed by atoms with Crippen molar-refractivity contribution in [1.29, 1.82) is 0 Å². The Balaban J connectivity index is 1.50. The summed E-state index contributed by atoms with van der Waals surface area (Å²) in [5, 5.41) is 4.97.